The smallest absolute Gasteiger partial charge is 0.257 e. The molecule has 1 aromatic rings. The summed E-state index contributed by atoms with van der Waals surface area (Å²) in [7, 11) is 0. The minimum absolute atomic E-state index is 0.154. The van der Waals surface area contributed by atoms with Crippen LogP contribution in [0.15, 0.2) is 30.3 Å². The summed E-state index contributed by atoms with van der Waals surface area (Å²) < 4.78 is 11.0. The van der Waals surface area contributed by atoms with Crippen molar-refractivity contribution < 1.29 is 24.2 Å². The number of hydrogen-bond donors (Lipinski definition) is 2. The lowest BCUT2D eigenvalue weighted by molar-refractivity contribution is -0.141. The average Bonchev–Trinajstić information content (AvgIpc) is 2.78. The summed E-state index contributed by atoms with van der Waals surface area (Å²) in [6.07, 6.45) is -0.997. The van der Waals surface area contributed by atoms with E-state index in [1.54, 1.807) is 44.2 Å². The predicted molar refractivity (Wildman–Crippen MR) is 79.1 cm³/mol. The van der Waals surface area contributed by atoms with Crippen LogP contribution in [-0.2, 0) is 14.3 Å². The zero-order valence-electron chi connectivity index (χ0n) is 12.7. The predicted octanol–water partition coefficient (Wildman–Crippen LogP) is 1.24. The summed E-state index contributed by atoms with van der Waals surface area (Å²) in [5, 5.41) is 12.2. The Morgan fingerprint density at radius 2 is 2.05 bits per heavy atom. The van der Waals surface area contributed by atoms with E-state index >= 15 is 0 Å². The first-order chi connectivity index (χ1) is 10.4. The molecule has 2 N–H and O–H groups in total. The largest absolute Gasteiger partial charge is 0.392 e. The Hall–Kier alpha value is -1.76. The number of aliphatic hydroxyl groups excluding tert-OH is 1. The summed E-state index contributed by atoms with van der Waals surface area (Å²) in [5.41, 5.74) is 0.402. The fraction of sp³-hybridized carbons (Fsp3) is 0.500. The normalized spacial score (nSPS) is 21.3. The first kappa shape index (κ1) is 16.6. The van der Waals surface area contributed by atoms with Crippen LogP contribution >= 0.6 is 0 Å². The quantitative estimate of drug-likeness (QED) is 0.855. The maximum Gasteiger partial charge on any atom is 0.257 e. The highest BCUT2D eigenvalue weighted by molar-refractivity contribution is 6.04. The van der Waals surface area contributed by atoms with Gasteiger partial charge in [-0.2, -0.15) is 0 Å². The molecule has 1 heterocycles. The van der Waals surface area contributed by atoms with Gasteiger partial charge in [-0.25, -0.2) is 0 Å². The molecular formula is C16H21NO5. The molecule has 0 bridgehead atoms. The SMILES string of the molecule is CC1(C)OC[C@H](C[C@H](O)CC(=O)NC(=O)c2ccccc2)O1. The molecule has 0 saturated carbocycles. The van der Waals surface area contributed by atoms with E-state index in [4.69, 9.17) is 9.47 Å². The Morgan fingerprint density at radius 1 is 1.36 bits per heavy atom. The molecule has 6 nitrogen and oxygen atoms in total. The van der Waals surface area contributed by atoms with Crippen molar-refractivity contribution >= 4 is 11.8 Å². The van der Waals surface area contributed by atoms with Crippen molar-refractivity contribution in [3.05, 3.63) is 35.9 Å². The van der Waals surface area contributed by atoms with E-state index in [0.29, 0.717) is 12.2 Å². The standard InChI is InChI=1S/C16H21NO5/c1-16(2)21-10-13(22-16)8-12(18)9-14(19)17-15(20)11-6-4-3-5-7-11/h3-7,12-13,18H,8-10H2,1-2H3,(H,17,19,20)/t12-,13-/m0/s1. The van der Waals surface area contributed by atoms with Gasteiger partial charge in [0.25, 0.3) is 5.91 Å². The lowest BCUT2D eigenvalue weighted by Crippen LogP contribution is -2.34. The summed E-state index contributed by atoms with van der Waals surface area (Å²) >= 11 is 0. The third-order valence-corrected chi connectivity index (χ3v) is 3.31. The molecule has 1 aliphatic heterocycles. The van der Waals surface area contributed by atoms with Crippen molar-refractivity contribution in [3.8, 4) is 0 Å². The molecule has 22 heavy (non-hydrogen) atoms. The Labute approximate surface area is 129 Å². The topological polar surface area (TPSA) is 84.9 Å². The highest BCUT2D eigenvalue weighted by Gasteiger charge is 2.34. The maximum absolute atomic E-state index is 11.8. The van der Waals surface area contributed by atoms with Gasteiger partial charge in [0.2, 0.25) is 5.91 Å². The van der Waals surface area contributed by atoms with Gasteiger partial charge in [0.05, 0.1) is 25.2 Å². The van der Waals surface area contributed by atoms with Crippen LogP contribution in [-0.4, -0.2) is 41.5 Å². The molecule has 1 fully saturated rings. The molecule has 6 heteroatoms. The number of amides is 2. The van der Waals surface area contributed by atoms with Gasteiger partial charge in [-0.05, 0) is 26.0 Å². The van der Waals surface area contributed by atoms with Crippen molar-refractivity contribution in [1.82, 2.24) is 5.32 Å². The van der Waals surface area contributed by atoms with Gasteiger partial charge < -0.3 is 14.6 Å². The highest BCUT2D eigenvalue weighted by Crippen LogP contribution is 2.25. The molecule has 1 aromatic carbocycles. The van der Waals surface area contributed by atoms with Crippen LogP contribution in [0.2, 0.25) is 0 Å². The van der Waals surface area contributed by atoms with Gasteiger partial charge in [0, 0.05) is 12.0 Å². The van der Waals surface area contributed by atoms with E-state index in [9.17, 15) is 14.7 Å². The minimum atomic E-state index is -0.883. The van der Waals surface area contributed by atoms with Crippen LogP contribution in [0.4, 0.5) is 0 Å². The van der Waals surface area contributed by atoms with Crippen LogP contribution in [0.25, 0.3) is 0 Å². The second kappa shape index (κ2) is 7.00. The number of benzene rings is 1. The van der Waals surface area contributed by atoms with Crippen LogP contribution in [0.1, 0.15) is 37.0 Å². The lowest BCUT2D eigenvalue weighted by Gasteiger charge is -2.18. The Morgan fingerprint density at radius 3 is 2.64 bits per heavy atom. The highest BCUT2D eigenvalue weighted by atomic mass is 16.7. The van der Waals surface area contributed by atoms with Crippen molar-refractivity contribution in [1.29, 1.82) is 0 Å². The average molecular weight is 307 g/mol. The molecule has 1 saturated heterocycles. The zero-order valence-corrected chi connectivity index (χ0v) is 12.7. The molecule has 0 spiro atoms. The van der Waals surface area contributed by atoms with E-state index in [0.717, 1.165) is 0 Å². The van der Waals surface area contributed by atoms with E-state index < -0.39 is 23.7 Å². The van der Waals surface area contributed by atoms with Gasteiger partial charge in [0.1, 0.15) is 0 Å². The third kappa shape index (κ3) is 4.91. The summed E-state index contributed by atoms with van der Waals surface area (Å²) in [6, 6.07) is 8.45. The van der Waals surface area contributed by atoms with E-state index in [1.165, 1.54) is 0 Å². The molecule has 2 amide bonds. The fourth-order valence-corrected chi connectivity index (χ4v) is 2.32. The molecule has 0 radical (unpaired) electrons. The van der Waals surface area contributed by atoms with E-state index in [1.807, 2.05) is 0 Å². The Bertz CT molecular complexity index is 529. The van der Waals surface area contributed by atoms with E-state index in [-0.39, 0.29) is 18.9 Å². The van der Waals surface area contributed by atoms with Crippen molar-refractivity contribution in [3.63, 3.8) is 0 Å². The number of rotatable bonds is 5. The van der Waals surface area contributed by atoms with Crippen LogP contribution in [0.3, 0.4) is 0 Å². The molecule has 0 unspecified atom stereocenters. The van der Waals surface area contributed by atoms with Gasteiger partial charge in [-0.1, -0.05) is 18.2 Å². The number of hydrogen-bond acceptors (Lipinski definition) is 5. The lowest BCUT2D eigenvalue weighted by atomic mass is 10.1. The summed E-state index contributed by atoms with van der Waals surface area (Å²) in [4.78, 5) is 23.6. The number of carbonyl (C=O) groups excluding carboxylic acids is 2. The minimum Gasteiger partial charge on any atom is -0.392 e. The number of ether oxygens (including phenoxy) is 2. The Kier molecular flexibility index (Phi) is 5.28. The number of nitrogens with one attached hydrogen (secondary N) is 1. The Balaban J connectivity index is 1.76. The first-order valence-corrected chi connectivity index (χ1v) is 7.25. The zero-order chi connectivity index (χ0) is 16.2. The van der Waals surface area contributed by atoms with Crippen LogP contribution in [0, 0.1) is 0 Å². The number of imide groups is 1. The maximum atomic E-state index is 11.8. The number of aliphatic hydroxyl groups is 1. The molecule has 0 aromatic heterocycles. The molecule has 2 atom stereocenters. The first-order valence-electron chi connectivity index (χ1n) is 7.25. The molecule has 2 rings (SSSR count). The summed E-state index contributed by atoms with van der Waals surface area (Å²) in [5.74, 6) is -1.64. The molecule has 120 valence electrons. The fourth-order valence-electron chi connectivity index (χ4n) is 2.32. The van der Waals surface area contributed by atoms with Crippen LogP contribution < -0.4 is 5.32 Å². The molecule has 0 aliphatic carbocycles. The van der Waals surface area contributed by atoms with Gasteiger partial charge in [-0.3, -0.25) is 14.9 Å². The monoisotopic (exact) mass is 307 g/mol. The van der Waals surface area contributed by atoms with Crippen molar-refractivity contribution in [2.24, 2.45) is 0 Å². The van der Waals surface area contributed by atoms with Crippen LogP contribution in [0.5, 0.6) is 0 Å². The van der Waals surface area contributed by atoms with Gasteiger partial charge in [-0.15, -0.1) is 0 Å². The van der Waals surface area contributed by atoms with Gasteiger partial charge in [0.15, 0.2) is 5.79 Å². The second-order valence-electron chi connectivity index (χ2n) is 5.79. The van der Waals surface area contributed by atoms with Gasteiger partial charge >= 0.3 is 0 Å². The third-order valence-electron chi connectivity index (χ3n) is 3.31. The second-order valence-corrected chi connectivity index (χ2v) is 5.79. The van der Waals surface area contributed by atoms with Crippen molar-refractivity contribution in [2.45, 2.75) is 44.7 Å². The number of carbonyl (C=O) groups is 2. The van der Waals surface area contributed by atoms with Crippen molar-refractivity contribution in [2.75, 3.05) is 6.61 Å². The van der Waals surface area contributed by atoms with E-state index in [2.05, 4.69) is 5.32 Å². The summed E-state index contributed by atoms with van der Waals surface area (Å²) in [6.45, 7) is 3.98. The molecule has 1 aliphatic rings. The molecular weight excluding hydrogens is 286 g/mol.